The Kier molecular flexibility index (Phi) is 5.97. The first-order valence-electron chi connectivity index (χ1n) is 7.54. The van der Waals surface area contributed by atoms with Crippen LogP contribution in [0.2, 0.25) is 0 Å². The van der Waals surface area contributed by atoms with Gasteiger partial charge in [0.05, 0.1) is 6.54 Å². The molecule has 22 heavy (non-hydrogen) atoms. The topological polar surface area (TPSA) is 84.2 Å². The van der Waals surface area contributed by atoms with Gasteiger partial charge in [-0.2, -0.15) is 0 Å². The molecule has 1 aliphatic rings. The number of anilines is 1. The van der Waals surface area contributed by atoms with Crippen molar-refractivity contribution in [3.05, 3.63) is 28.2 Å². The third-order valence-electron chi connectivity index (χ3n) is 4.07. The molecule has 4 N–H and O–H groups in total. The second-order valence-corrected chi connectivity index (χ2v) is 6.76. The molecule has 2 amide bonds. The van der Waals surface area contributed by atoms with E-state index < -0.39 is 0 Å². The predicted molar refractivity (Wildman–Crippen MR) is 90.5 cm³/mol. The Morgan fingerprint density at radius 1 is 1.32 bits per heavy atom. The van der Waals surface area contributed by atoms with Crippen LogP contribution in [0.1, 0.15) is 31.2 Å². The predicted octanol–water partition coefficient (Wildman–Crippen LogP) is 2.33. The van der Waals surface area contributed by atoms with Crippen molar-refractivity contribution >= 4 is 33.4 Å². The Hall–Kier alpha value is -1.40. The van der Waals surface area contributed by atoms with Gasteiger partial charge in [0.1, 0.15) is 0 Å². The number of nitrogens with two attached hydrogens (primary N) is 1. The molecule has 0 radical (unpaired) electrons. The molecule has 0 aromatic heterocycles. The number of benzene rings is 1. The molecule has 1 fully saturated rings. The summed E-state index contributed by atoms with van der Waals surface area (Å²) in [4.78, 5) is 23.8. The summed E-state index contributed by atoms with van der Waals surface area (Å²) in [7, 11) is 0. The van der Waals surface area contributed by atoms with Crippen LogP contribution in [0.3, 0.4) is 0 Å². The van der Waals surface area contributed by atoms with Gasteiger partial charge >= 0.3 is 0 Å². The van der Waals surface area contributed by atoms with Crippen molar-refractivity contribution in [2.45, 2.75) is 38.6 Å². The Labute approximate surface area is 139 Å². The molecule has 0 heterocycles. The van der Waals surface area contributed by atoms with Crippen LogP contribution in [0.25, 0.3) is 0 Å². The zero-order chi connectivity index (χ0) is 16.1. The number of hydrogen-bond acceptors (Lipinski definition) is 3. The molecule has 6 heteroatoms. The molecular formula is C16H22BrN3O2. The SMILES string of the molecule is Cc1cc(Br)ccc1NC(=O)CNC(=O)C[C@@H]1CCC[C@H]1N. The highest BCUT2D eigenvalue weighted by molar-refractivity contribution is 9.10. The molecule has 1 aromatic carbocycles. The molecule has 1 saturated carbocycles. The van der Waals surface area contributed by atoms with Gasteiger partial charge in [0.25, 0.3) is 0 Å². The normalized spacial score (nSPS) is 20.7. The molecule has 0 spiro atoms. The van der Waals surface area contributed by atoms with Crippen LogP contribution in [-0.4, -0.2) is 24.4 Å². The fraction of sp³-hybridized carbons (Fsp3) is 0.500. The maximum absolute atomic E-state index is 11.9. The van der Waals surface area contributed by atoms with Gasteiger partial charge < -0.3 is 16.4 Å². The Balaban J connectivity index is 1.76. The average molecular weight is 368 g/mol. The number of rotatable bonds is 5. The summed E-state index contributed by atoms with van der Waals surface area (Å²) >= 11 is 3.38. The van der Waals surface area contributed by atoms with Gasteiger partial charge in [-0.15, -0.1) is 0 Å². The van der Waals surface area contributed by atoms with E-state index in [-0.39, 0.29) is 30.3 Å². The van der Waals surface area contributed by atoms with Gasteiger partial charge in [0.15, 0.2) is 0 Å². The summed E-state index contributed by atoms with van der Waals surface area (Å²) in [6, 6.07) is 5.74. The molecule has 0 saturated heterocycles. The lowest BCUT2D eigenvalue weighted by Crippen LogP contribution is -2.36. The second-order valence-electron chi connectivity index (χ2n) is 5.84. The summed E-state index contributed by atoms with van der Waals surface area (Å²) in [5.74, 6) is -0.0868. The van der Waals surface area contributed by atoms with Crippen LogP contribution < -0.4 is 16.4 Å². The molecule has 1 aliphatic carbocycles. The Bertz CT molecular complexity index is 562. The van der Waals surface area contributed by atoms with Gasteiger partial charge in [0.2, 0.25) is 11.8 Å². The lowest BCUT2D eigenvalue weighted by molar-refractivity contribution is -0.124. The zero-order valence-corrected chi connectivity index (χ0v) is 14.3. The van der Waals surface area contributed by atoms with E-state index in [4.69, 9.17) is 5.73 Å². The quantitative estimate of drug-likeness (QED) is 0.746. The van der Waals surface area contributed by atoms with Gasteiger partial charge in [-0.05, 0) is 49.4 Å². The lowest BCUT2D eigenvalue weighted by atomic mass is 10.00. The van der Waals surface area contributed by atoms with Gasteiger partial charge in [-0.1, -0.05) is 22.4 Å². The number of carbonyl (C=O) groups is 2. The van der Waals surface area contributed by atoms with Crippen LogP contribution in [0.15, 0.2) is 22.7 Å². The molecule has 0 unspecified atom stereocenters. The number of aryl methyl sites for hydroxylation is 1. The second kappa shape index (κ2) is 7.74. The first-order chi connectivity index (χ1) is 10.5. The minimum Gasteiger partial charge on any atom is -0.347 e. The van der Waals surface area contributed by atoms with E-state index in [1.807, 2.05) is 25.1 Å². The van der Waals surface area contributed by atoms with Crippen LogP contribution in [0, 0.1) is 12.8 Å². The Morgan fingerprint density at radius 2 is 2.09 bits per heavy atom. The summed E-state index contributed by atoms with van der Waals surface area (Å²) in [6.45, 7) is 1.90. The molecule has 2 atom stereocenters. The summed E-state index contributed by atoms with van der Waals surface area (Å²) in [5.41, 5.74) is 7.67. The molecule has 120 valence electrons. The van der Waals surface area contributed by atoms with Gasteiger partial charge in [-0.25, -0.2) is 0 Å². The van der Waals surface area contributed by atoms with Crippen molar-refractivity contribution in [1.82, 2.24) is 5.32 Å². The van der Waals surface area contributed by atoms with Crippen molar-refractivity contribution in [1.29, 1.82) is 0 Å². The van der Waals surface area contributed by atoms with Gasteiger partial charge in [0, 0.05) is 22.6 Å². The van der Waals surface area contributed by atoms with Gasteiger partial charge in [-0.3, -0.25) is 9.59 Å². The van der Waals surface area contributed by atoms with Crippen LogP contribution >= 0.6 is 15.9 Å². The van der Waals surface area contributed by atoms with E-state index >= 15 is 0 Å². The minimum absolute atomic E-state index is 0.0176. The highest BCUT2D eigenvalue weighted by atomic mass is 79.9. The maximum Gasteiger partial charge on any atom is 0.243 e. The number of carbonyl (C=O) groups excluding carboxylic acids is 2. The van der Waals surface area contributed by atoms with Crippen molar-refractivity contribution in [3.63, 3.8) is 0 Å². The lowest BCUT2D eigenvalue weighted by Gasteiger charge is -2.15. The monoisotopic (exact) mass is 367 g/mol. The molecule has 0 bridgehead atoms. The summed E-state index contributed by atoms with van der Waals surface area (Å²) in [5, 5.41) is 5.46. The summed E-state index contributed by atoms with van der Waals surface area (Å²) < 4.78 is 0.962. The highest BCUT2D eigenvalue weighted by Gasteiger charge is 2.26. The van der Waals surface area contributed by atoms with E-state index in [9.17, 15) is 9.59 Å². The molecule has 1 aromatic rings. The fourth-order valence-corrected chi connectivity index (χ4v) is 3.25. The van der Waals surface area contributed by atoms with E-state index in [1.165, 1.54) is 0 Å². The average Bonchev–Trinajstić information content (AvgIpc) is 2.85. The third kappa shape index (κ3) is 4.81. The van der Waals surface area contributed by atoms with Crippen LogP contribution in [0.5, 0.6) is 0 Å². The first-order valence-corrected chi connectivity index (χ1v) is 8.33. The number of hydrogen-bond donors (Lipinski definition) is 3. The molecule has 5 nitrogen and oxygen atoms in total. The van der Waals surface area contributed by atoms with E-state index in [1.54, 1.807) is 0 Å². The molecular weight excluding hydrogens is 346 g/mol. The van der Waals surface area contributed by atoms with Crippen molar-refractivity contribution in [3.8, 4) is 0 Å². The summed E-state index contributed by atoms with van der Waals surface area (Å²) in [6.07, 6.45) is 3.48. The Morgan fingerprint density at radius 3 is 2.73 bits per heavy atom. The fourth-order valence-electron chi connectivity index (χ4n) is 2.77. The minimum atomic E-state index is -0.227. The van der Waals surface area contributed by atoms with E-state index in [0.717, 1.165) is 35.0 Å². The van der Waals surface area contributed by atoms with E-state index in [2.05, 4.69) is 26.6 Å². The number of halogens is 1. The standard InChI is InChI=1S/C16H22BrN3O2/c1-10-7-12(17)5-6-14(10)20-16(22)9-19-15(21)8-11-3-2-4-13(11)18/h5-7,11,13H,2-4,8-9,18H2,1H3,(H,19,21)(H,20,22)/t11-,13+/m0/s1. The highest BCUT2D eigenvalue weighted by Crippen LogP contribution is 2.26. The molecule has 2 rings (SSSR count). The van der Waals surface area contributed by atoms with Crippen molar-refractivity contribution < 1.29 is 9.59 Å². The largest absolute Gasteiger partial charge is 0.347 e. The van der Waals surface area contributed by atoms with Crippen molar-refractivity contribution in [2.75, 3.05) is 11.9 Å². The number of amides is 2. The van der Waals surface area contributed by atoms with Crippen LogP contribution in [-0.2, 0) is 9.59 Å². The van der Waals surface area contributed by atoms with E-state index in [0.29, 0.717) is 6.42 Å². The zero-order valence-electron chi connectivity index (χ0n) is 12.7. The third-order valence-corrected chi connectivity index (χ3v) is 4.57. The maximum atomic E-state index is 11.9. The van der Waals surface area contributed by atoms with Crippen molar-refractivity contribution in [2.24, 2.45) is 11.7 Å². The number of nitrogens with one attached hydrogen (secondary N) is 2. The first kappa shape index (κ1) is 17.0. The smallest absolute Gasteiger partial charge is 0.243 e. The molecule has 0 aliphatic heterocycles. The van der Waals surface area contributed by atoms with Crippen LogP contribution in [0.4, 0.5) is 5.69 Å².